The molecular formula is C21H17N5OS2. The number of aryl methyl sites for hydroxylation is 1. The van der Waals surface area contributed by atoms with Crippen molar-refractivity contribution in [1.82, 2.24) is 25.1 Å². The number of nitrogens with zero attached hydrogens (tertiary/aromatic N) is 4. The van der Waals surface area contributed by atoms with Crippen LogP contribution in [0.1, 0.15) is 22.3 Å². The van der Waals surface area contributed by atoms with Crippen molar-refractivity contribution in [1.29, 1.82) is 0 Å². The molecule has 0 bridgehead atoms. The lowest BCUT2D eigenvalue weighted by molar-refractivity contribution is 0.0952. The molecular weight excluding hydrogens is 402 g/mol. The molecule has 8 heteroatoms. The number of hydrogen-bond donors (Lipinski definition) is 1. The first-order valence-corrected chi connectivity index (χ1v) is 11.0. The fourth-order valence-electron chi connectivity index (χ4n) is 3.26. The average Bonchev–Trinajstić information content (AvgIpc) is 3.49. The molecule has 0 saturated carbocycles. The standard InChI is InChI=1S/C21H17N5OS2/c1-2-26-20-14(11-23-26)13(10-16(25-20)17-8-5-9-28-17)21(27)22-12-19-24-15-6-3-4-7-18(15)29-19/h3-11H,2,12H2,1H3,(H,22,27). The summed E-state index contributed by atoms with van der Waals surface area (Å²) in [4.78, 5) is 23.4. The summed E-state index contributed by atoms with van der Waals surface area (Å²) in [5.74, 6) is -0.148. The van der Waals surface area contributed by atoms with Gasteiger partial charge in [0.1, 0.15) is 5.01 Å². The first kappa shape index (κ1) is 18.0. The molecule has 1 amide bonds. The number of benzene rings is 1. The second kappa shape index (κ2) is 7.38. The molecule has 0 aliphatic heterocycles. The molecule has 0 unspecified atom stereocenters. The van der Waals surface area contributed by atoms with Crippen molar-refractivity contribution in [3.05, 3.63) is 64.6 Å². The van der Waals surface area contributed by atoms with E-state index < -0.39 is 0 Å². The number of carbonyl (C=O) groups excluding carboxylic acids is 1. The summed E-state index contributed by atoms with van der Waals surface area (Å²) in [6.07, 6.45) is 1.72. The van der Waals surface area contributed by atoms with Gasteiger partial charge in [-0.25, -0.2) is 14.6 Å². The van der Waals surface area contributed by atoms with E-state index in [2.05, 4.69) is 15.4 Å². The Morgan fingerprint density at radius 2 is 2.07 bits per heavy atom. The number of carbonyl (C=O) groups is 1. The van der Waals surface area contributed by atoms with Crippen LogP contribution in [-0.4, -0.2) is 25.7 Å². The Morgan fingerprint density at radius 1 is 1.17 bits per heavy atom. The number of pyridine rings is 1. The van der Waals surface area contributed by atoms with Crippen LogP contribution in [-0.2, 0) is 13.1 Å². The summed E-state index contributed by atoms with van der Waals surface area (Å²) in [5, 5.41) is 11.1. The van der Waals surface area contributed by atoms with Gasteiger partial charge in [0.05, 0.1) is 44.5 Å². The van der Waals surface area contributed by atoms with Crippen molar-refractivity contribution in [2.24, 2.45) is 0 Å². The van der Waals surface area contributed by atoms with Crippen molar-refractivity contribution in [2.75, 3.05) is 0 Å². The highest BCUT2D eigenvalue weighted by molar-refractivity contribution is 7.18. The molecule has 5 aromatic rings. The Kier molecular flexibility index (Phi) is 4.57. The highest BCUT2D eigenvalue weighted by Gasteiger charge is 2.18. The molecule has 29 heavy (non-hydrogen) atoms. The number of para-hydroxylation sites is 1. The van der Waals surface area contributed by atoms with Crippen LogP contribution in [0.4, 0.5) is 0 Å². The van der Waals surface area contributed by atoms with Crippen molar-refractivity contribution in [3.8, 4) is 10.6 Å². The van der Waals surface area contributed by atoms with Crippen molar-refractivity contribution >= 4 is 49.8 Å². The summed E-state index contributed by atoms with van der Waals surface area (Å²) < 4.78 is 2.93. The highest BCUT2D eigenvalue weighted by Crippen LogP contribution is 2.28. The summed E-state index contributed by atoms with van der Waals surface area (Å²) in [6, 6.07) is 13.8. The highest BCUT2D eigenvalue weighted by atomic mass is 32.1. The van der Waals surface area contributed by atoms with Crippen LogP contribution in [0.5, 0.6) is 0 Å². The molecule has 6 nitrogen and oxygen atoms in total. The smallest absolute Gasteiger partial charge is 0.252 e. The van der Waals surface area contributed by atoms with E-state index >= 15 is 0 Å². The number of thiazole rings is 1. The number of thiophene rings is 1. The van der Waals surface area contributed by atoms with E-state index in [1.54, 1.807) is 28.9 Å². The van der Waals surface area contributed by atoms with Gasteiger partial charge >= 0.3 is 0 Å². The van der Waals surface area contributed by atoms with Gasteiger partial charge in [-0.1, -0.05) is 18.2 Å². The average molecular weight is 420 g/mol. The normalized spacial score (nSPS) is 11.3. The molecule has 144 valence electrons. The third-order valence-electron chi connectivity index (χ3n) is 4.67. The van der Waals surface area contributed by atoms with Crippen LogP contribution < -0.4 is 5.32 Å². The molecule has 1 aromatic carbocycles. The van der Waals surface area contributed by atoms with Gasteiger partial charge in [0.25, 0.3) is 5.91 Å². The van der Waals surface area contributed by atoms with Crippen LogP contribution in [0.15, 0.2) is 54.0 Å². The lowest BCUT2D eigenvalue weighted by Gasteiger charge is -2.08. The van der Waals surface area contributed by atoms with Gasteiger partial charge in [-0.2, -0.15) is 5.10 Å². The Bertz CT molecular complexity index is 1290. The molecule has 0 aliphatic carbocycles. The van der Waals surface area contributed by atoms with E-state index in [1.807, 2.05) is 59.5 Å². The summed E-state index contributed by atoms with van der Waals surface area (Å²) in [5.41, 5.74) is 3.05. The molecule has 0 radical (unpaired) electrons. The Balaban J connectivity index is 1.49. The van der Waals surface area contributed by atoms with Crippen LogP contribution in [0.25, 0.3) is 31.8 Å². The number of nitrogens with one attached hydrogen (secondary N) is 1. The van der Waals surface area contributed by atoms with E-state index in [1.165, 1.54) is 0 Å². The summed E-state index contributed by atoms with van der Waals surface area (Å²) in [6.45, 7) is 3.09. The zero-order chi connectivity index (χ0) is 19.8. The van der Waals surface area contributed by atoms with E-state index in [9.17, 15) is 4.79 Å². The maximum Gasteiger partial charge on any atom is 0.252 e. The molecule has 4 aromatic heterocycles. The second-order valence-corrected chi connectivity index (χ2v) is 8.55. The lowest BCUT2D eigenvalue weighted by atomic mass is 10.1. The lowest BCUT2D eigenvalue weighted by Crippen LogP contribution is -2.23. The minimum absolute atomic E-state index is 0.148. The summed E-state index contributed by atoms with van der Waals surface area (Å²) in [7, 11) is 0. The number of hydrogen-bond acceptors (Lipinski definition) is 6. The van der Waals surface area contributed by atoms with Crippen molar-refractivity contribution in [2.45, 2.75) is 20.0 Å². The van der Waals surface area contributed by atoms with Gasteiger partial charge in [-0.3, -0.25) is 4.79 Å². The van der Waals surface area contributed by atoms with Crippen LogP contribution in [0, 0.1) is 0 Å². The van der Waals surface area contributed by atoms with E-state index in [4.69, 9.17) is 4.98 Å². The van der Waals surface area contributed by atoms with Crippen LogP contribution >= 0.6 is 22.7 Å². The van der Waals surface area contributed by atoms with Gasteiger partial charge in [0, 0.05) is 6.54 Å². The van der Waals surface area contributed by atoms with E-state index in [0.29, 0.717) is 18.7 Å². The molecule has 0 saturated heterocycles. The van der Waals surface area contributed by atoms with Gasteiger partial charge in [0.15, 0.2) is 5.65 Å². The van der Waals surface area contributed by atoms with E-state index in [-0.39, 0.29) is 5.91 Å². The van der Waals surface area contributed by atoms with Gasteiger partial charge in [-0.15, -0.1) is 22.7 Å². The zero-order valence-corrected chi connectivity index (χ0v) is 17.3. The molecule has 0 fully saturated rings. The molecule has 0 aliphatic rings. The predicted molar refractivity (Wildman–Crippen MR) is 117 cm³/mol. The minimum atomic E-state index is -0.148. The van der Waals surface area contributed by atoms with Crippen LogP contribution in [0.2, 0.25) is 0 Å². The molecule has 4 heterocycles. The van der Waals surface area contributed by atoms with Crippen molar-refractivity contribution in [3.63, 3.8) is 0 Å². The Labute approximate surface area is 174 Å². The second-order valence-electron chi connectivity index (χ2n) is 6.49. The van der Waals surface area contributed by atoms with Gasteiger partial charge in [0.2, 0.25) is 0 Å². The zero-order valence-electron chi connectivity index (χ0n) is 15.6. The SMILES string of the molecule is CCn1ncc2c(C(=O)NCc3nc4ccccc4s3)cc(-c3cccs3)nc21. The van der Waals surface area contributed by atoms with Crippen LogP contribution in [0.3, 0.4) is 0 Å². The summed E-state index contributed by atoms with van der Waals surface area (Å²) >= 11 is 3.20. The van der Waals surface area contributed by atoms with Gasteiger partial charge < -0.3 is 5.32 Å². The fraction of sp³-hybridized carbons (Fsp3) is 0.143. The fourth-order valence-corrected chi connectivity index (χ4v) is 4.86. The Hall–Kier alpha value is -3.10. The largest absolute Gasteiger partial charge is 0.345 e. The van der Waals surface area contributed by atoms with Gasteiger partial charge in [-0.05, 0) is 36.6 Å². The number of fused-ring (bicyclic) bond motifs is 2. The molecule has 0 spiro atoms. The van der Waals surface area contributed by atoms with Crippen molar-refractivity contribution < 1.29 is 4.79 Å². The molecule has 5 rings (SSSR count). The van der Waals surface area contributed by atoms with E-state index in [0.717, 1.165) is 36.8 Å². The molecule has 1 N–H and O–H groups in total. The Morgan fingerprint density at radius 3 is 2.86 bits per heavy atom. The topological polar surface area (TPSA) is 72.7 Å². The maximum absolute atomic E-state index is 13.1. The number of rotatable bonds is 5. The first-order chi connectivity index (χ1) is 14.2. The third-order valence-corrected chi connectivity index (χ3v) is 6.59. The third kappa shape index (κ3) is 3.30. The maximum atomic E-state index is 13.1. The minimum Gasteiger partial charge on any atom is -0.345 e. The predicted octanol–water partition coefficient (Wildman–Crippen LogP) is 4.72. The monoisotopic (exact) mass is 419 g/mol. The number of amides is 1. The molecule has 0 atom stereocenters. The quantitative estimate of drug-likeness (QED) is 0.447. The number of aromatic nitrogens is 4. The first-order valence-electron chi connectivity index (χ1n) is 9.26.